The van der Waals surface area contributed by atoms with Crippen LogP contribution < -0.4 is 0 Å². The molecule has 1 aromatic heterocycles. The van der Waals surface area contributed by atoms with Crippen molar-refractivity contribution in [3.63, 3.8) is 0 Å². The predicted molar refractivity (Wildman–Crippen MR) is 56.2 cm³/mol. The van der Waals surface area contributed by atoms with Gasteiger partial charge in [-0.1, -0.05) is 30.6 Å². The van der Waals surface area contributed by atoms with E-state index in [4.69, 9.17) is 0 Å². The molecule has 0 aliphatic carbocycles. The van der Waals surface area contributed by atoms with Gasteiger partial charge in [-0.05, 0) is 0 Å². The van der Waals surface area contributed by atoms with E-state index in [1.165, 1.54) is 10.8 Å². The molecule has 1 nitrogen and oxygen atoms in total. The van der Waals surface area contributed by atoms with Crippen LogP contribution in [0.4, 0.5) is 0 Å². The maximum atomic E-state index is 3.89. The second kappa shape index (κ2) is 8.08. The molecule has 0 saturated carbocycles. The monoisotopic (exact) mass is 260 g/mol. The molecule has 0 spiro atoms. The zero-order valence-corrected chi connectivity index (χ0v) is 11.4. The molecule has 0 unspecified atom stereocenters. The summed E-state index contributed by atoms with van der Waals surface area (Å²) < 4.78 is 0. The van der Waals surface area contributed by atoms with Crippen molar-refractivity contribution >= 4 is 10.8 Å². The molecule has 2 heteroatoms. The van der Waals surface area contributed by atoms with E-state index in [9.17, 15) is 0 Å². The molecule has 0 fully saturated rings. The smallest absolute Gasteiger partial charge is 0 e. The minimum absolute atomic E-state index is 0. The number of hydrogen-bond donors (Lipinski definition) is 0. The van der Waals surface area contributed by atoms with Crippen LogP contribution in [0.3, 0.4) is 0 Å². The molecule has 1 aromatic carbocycles. The number of hydrogen-bond acceptors (Lipinski definition) is 1. The quantitative estimate of drug-likeness (QED) is 0.662. The second-order valence-electron chi connectivity index (χ2n) is 2.74. The van der Waals surface area contributed by atoms with Crippen molar-refractivity contribution in [3.8, 4) is 0 Å². The van der Waals surface area contributed by atoms with Gasteiger partial charge in [-0.2, -0.15) is 19.9 Å². The normalized spacial score (nSPS) is 8.43. The fourth-order valence-electron chi connectivity index (χ4n) is 0.974. The van der Waals surface area contributed by atoms with Crippen LogP contribution in [-0.4, -0.2) is 4.98 Å². The zero-order chi connectivity index (χ0) is 9.52. The van der Waals surface area contributed by atoms with Gasteiger partial charge >= 0.3 is 0 Å². The maximum Gasteiger partial charge on any atom is 0 e. The summed E-state index contributed by atoms with van der Waals surface area (Å²) in [5, 5.41) is 2.36. The second-order valence-corrected chi connectivity index (χ2v) is 2.74. The Hall–Kier alpha value is -0.266. The van der Waals surface area contributed by atoms with Crippen LogP contribution in [0.1, 0.15) is 13.8 Å². The topological polar surface area (TPSA) is 12.9 Å². The van der Waals surface area contributed by atoms with E-state index in [0.29, 0.717) is 0 Å². The average molecular weight is 260 g/mol. The van der Waals surface area contributed by atoms with Crippen molar-refractivity contribution in [2.24, 2.45) is 0 Å². The number of aromatic nitrogens is 1. The molecular weight excluding hydrogens is 247 g/mol. The molecule has 1 heterocycles. The average Bonchev–Trinajstić information content (AvgIpc) is 2.19. The summed E-state index contributed by atoms with van der Waals surface area (Å²) in [7, 11) is 0. The van der Waals surface area contributed by atoms with Crippen LogP contribution >= 0.6 is 0 Å². The summed E-state index contributed by atoms with van der Waals surface area (Å²) in [4.78, 5) is 3.89. The Kier molecular flexibility index (Phi) is 7.92. The van der Waals surface area contributed by atoms with Gasteiger partial charge in [0.25, 0.3) is 0 Å². The summed E-state index contributed by atoms with van der Waals surface area (Å²) >= 11 is 0. The fraction of sp³-hybridized carbons (Fsp3) is 0.167. The van der Waals surface area contributed by atoms with E-state index in [1.54, 1.807) is 0 Å². The Morgan fingerprint density at radius 3 is 2.29 bits per heavy atom. The Balaban J connectivity index is 0.000000381. The molecule has 71 valence electrons. The van der Waals surface area contributed by atoms with E-state index in [1.807, 2.05) is 56.8 Å². The molecule has 14 heavy (non-hydrogen) atoms. The summed E-state index contributed by atoms with van der Waals surface area (Å²) in [6, 6.07) is 9.99. The Labute approximate surface area is 111 Å². The summed E-state index contributed by atoms with van der Waals surface area (Å²) in [6.45, 7) is 4.00. The van der Waals surface area contributed by atoms with E-state index in [-0.39, 0.29) is 32.7 Å². The van der Waals surface area contributed by atoms with Gasteiger partial charge in [0.2, 0.25) is 0 Å². The van der Waals surface area contributed by atoms with Crippen molar-refractivity contribution in [2.45, 2.75) is 13.8 Å². The van der Waals surface area contributed by atoms with E-state index >= 15 is 0 Å². The van der Waals surface area contributed by atoms with Crippen molar-refractivity contribution in [2.75, 3.05) is 0 Å². The standard InChI is InChI=1S/C9H6N.C3H7.Y/c1-2-4-9-7-10-6-5-8(9)3-1;1-3-2;/h1-5,7H;3H,1-2H3;/q2*-1;. The molecule has 2 rings (SSSR count). The number of benzene rings is 1. The third-order valence-corrected chi connectivity index (χ3v) is 1.49. The molecule has 0 amide bonds. The van der Waals surface area contributed by atoms with Crippen molar-refractivity contribution in [1.29, 1.82) is 0 Å². The van der Waals surface area contributed by atoms with Crippen LogP contribution in [-0.2, 0) is 32.7 Å². The summed E-state index contributed by atoms with van der Waals surface area (Å²) in [6.07, 6.45) is 6.60. The Bertz CT molecular complexity index is 295. The van der Waals surface area contributed by atoms with E-state index in [2.05, 4.69) is 11.2 Å². The number of nitrogens with zero attached hydrogens (tertiary/aromatic N) is 1. The third kappa shape index (κ3) is 4.30. The fourth-order valence-corrected chi connectivity index (χ4v) is 0.974. The van der Waals surface area contributed by atoms with Crippen LogP contribution in [0.2, 0.25) is 0 Å². The minimum Gasteiger partial charge on any atom is -0.394 e. The van der Waals surface area contributed by atoms with Gasteiger partial charge in [-0.3, -0.25) is 0 Å². The van der Waals surface area contributed by atoms with Gasteiger partial charge in [-0.25, -0.2) is 0 Å². The zero-order valence-electron chi connectivity index (χ0n) is 8.57. The molecule has 0 aliphatic rings. The van der Waals surface area contributed by atoms with Crippen molar-refractivity contribution < 1.29 is 32.7 Å². The molecule has 0 aliphatic heterocycles. The Morgan fingerprint density at radius 1 is 1.14 bits per heavy atom. The van der Waals surface area contributed by atoms with Crippen LogP contribution in [0, 0.1) is 12.6 Å². The van der Waals surface area contributed by atoms with Crippen molar-refractivity contribution in [1.82, 2.24) is 4.98 Å². The molecule has 0 saturated heterocycles. The molecule has 2 aromatic rings. The van der Waals surface area contributed by atoms with Gasteiger partial charge < -0.3 is 11.4 Å². The Morgan fingerprint density at radius 2 is 1.71 bits per heavy atom. The van der Waals surface area contributed by atoms with Crippen LogP contribution in [0.25, 0.3) is 10.8 Å². The van der Waals surface area contributed by atoms with Gasteiger partial charge in [-0.15, -0.1) is 16.8 Å². The number of rotatable bonds is 0. The maximum absolute atomic E-state index is 3.89. The first kappa shape index (κ1) is 13.7. The molecule has 1 radical (unpaired) electrons. The molecule has 0 atom stereocenters. The first-order valence-corrected chi connectivity index (χ1v) is 4.33. The number of fused-ring (bicyclic) bond motifs is 1. The van der Waals surface area contributed by atoms with E-state index < -0.39 is 0 Å². The summed E-state index contributed by atoms with van der Waals surface area (Å²) in [5.41, 5.74) is 0. The van der Waals surface area contributed by atoms with Gasteiger partial charge in [0.1, 0.15) is 0 Å². The van der Waals surface area contributed by atoms with Crippen LogP contribution in [0.15, 0.2) is 36.5 Å². The minimum atomic E-state index is 0. The van der Waals surface area contributed by atoms with Crippen molar-refractivity contribution in [3.05, 3.63) is 49.1 Å². The SMILES string of the molecule is C[CH-]C.[Y].[c-]1cc2ccccc2cn1. The van der Waals surface area contributed by atoms with Gasteiger partial charge in [0.15, 0.2) is 0 Å². The summed E-state index contributed by atoms with van der Waals surface area (Å²) in [5.74, 6) is 0. The molecule has 0 bridgehead atoms. The molecular formula is C12H13NY-2. The van der Waals surface area contributed by atoms with E-state index in [0.717, 1.165) is 0 Å². The van der Waals surface area contributed by atoms with Gasteiger partial charge in [0.05, 0.1) is 0 Å². The van der Waals surface area contributed by atoms with Gasteiger partial charge in [0, 0.05) is 32.7 Å². The first-order chi connectivity index (χ1) is 6.38. The third-order valence-electron chi connectivity index (χ3n) is 1.49. The first-order valence-electron chi connectivity index (χ1n) is 4.33. The van der Waals surface area contributed by atoms with Crippen LogP contribution in [0.5, 0.6) is 0 Å². The largest absolute Gasteiger partial charge is 0.394 e. The predicted octanol–water partition coefficient (Wildman–Crippen LogP) is 3.26. The number of pyridine rings is 1. The molecule has 0 N–H and O–H groups in total.